The fourth-order valence-corrected chi connectivity index (χ4v) is 1.43. The molecule has 0 amide bonds. The van der Waals surface area contributed by atoms with Crippen molar-refractivity contribution in [2.45, 2.75) is 12.2 Å². The Hall–Kier alpha value is -1.56. The smallest absolute Gasteiger partial charge is 0.160 e. The van der Waals surface area contributed by atoms with Crippen LogP contribution >= 0.6 is 0 Å². The quantitative estimate of drug-likeness (QED) is 0.675. The molecule has 2 unspecified atom stereocenters. The molecule has 0 bridgehead atoms. The van der Waals surface area contributed by atoms with Gasteiger partial charge < -0.3 is 15.9 Å². The van der Waals surface area contributed by atoms with Crippen molar-refractivity contribution in [3.8, 4) is 0 Å². The van der Waals surface area contributed by atoms with E-state index in [2.05, 4.69) is 9.97 Å². The molecule has 2 atom stereocenters. The molecule has 5 nitrogen and oxygen atoms in total. The lowest BCUT2D eigenvalue weighted by molar-refractivity contribution is 0.0191. The second kappa shape index (κ2) is 4.52. The van der Waals surface area contributed by atoms with Gasteiger partial charge in [-0.15, -0.1) is 0 Å². The summed E-state index contributed by atoms with van der Waals surface area (Å²) in [7, 11) is 0. The standard InChI is InChI=1S/C11H13N3O2/c12-5-9(15)10(16)11-13-6-7-3-1-2-4-8(7)14-11/h1-4,6,9-10,15-16H,5,12H2. The third-order valence-electron chi connectivity index (χ3n) is 2.38. The van der Waals surface area contributed by atoms with Gasteiger partial charge in [-0.05, 0) is 6.07 Å². The zero-order valence-corrected chi connectivity index (χ0v) is 8.61. The molecule has 0 aliphatic heterocycles. The fraction of sp³-hybridized carbons (Fsp3) is 0.273. The van der Waals surface area contributed by atoms with E-state index in [4.69, 9.17) is 5.73 Å². The minimum absolute atomic E-state index is 0.0304. The van der Waals surface area contributed by atoms with Crippen LogP contribution in [0.3, 0.4) is 0 Å². The van der Waals surface area contributed by atoms with E-state index >= 15 is 0 Å². The maximum absolute atomic E-state index is 9.69. The van der Waals surface area contributed by atoms with Gasteiger partial charge in [-0.2, -0.15) is 0 Å². The van der Waals surface area contributed by atoms with Crippen molar-refractivity contribution in [2.24, 2.45) is 5.73 Å². The van der Waals surface area contributed by atoms with E-state index in [1.54, 1.807) is 6.20 Å². The average molecular weight is 219 g/mol. The van der Waals surface area contributed by atoms with Gasteiger partial charge in [0.2, 0.25) is 0 Å². The number of nitrogens with two attached hydrogens (primary N) is 1. The molecule has 16 heavy (non-hydrogen) atoms. The highest BCUT2D eigenvalue weighted by molar-refractivity contribution is 5.77. The molecule has 0 saturated carbocycles. The summed E-state index contributed by atoms with van der Waals surface area (Å²) >= 11 is 0. The van der Waals surface area contributed by atoms with Crippen molar-refractivity contribution >= 4 is 10.9 Å². The summed E-state index contributed by atoms with van der Waals surface area (Å²) in [4.78, 5) is 8.17. The maximum atomic E-state index is 9.69. The van der Waals surface area contributed by atoms with Crippen LogP contribution in [0.5, 0.6) is 0 Å². The predicted molar refractivity (Wildman–Crippen MR) is 59.6 cm³/mol. The molecule has 84 valence electrons. The van der Waals surface area contributed by atoms with Gasteiger partial charge in [0.15, 0.2) is 5.82 Å². The zero-order chi connectivity index (χ0) is 11.5. The SMILES string of the molecule is NCC(O)C(O)c1ncc2ccccc2n1. The van der Waals surface area contributed by atoms with Crippen LogP contribution in [0.25, 0.3) is 10.9 Å². The molecule has 0 spiro atoms. The van der Waals surface area contributed by atoms with E-state index in [-0.39, 0.29) is 12.4 Å². The van der Waals surface area contributed by atoms with Gasteiger partial charge in [0.05, 0.1) is 11.6 Å². The highest BCUT2D eigenvalue weighted by atomic mass is 16.3. The Morgan fingerprint density at radius 3 is 2.75 bits per heavy atom. The number of nitrogens with zero attached hydrogens (tertiary/aromatic N) is 2. The lowest BCUT2D eigenvalue weighted by atomic mass is 10.2. The molecule has 0 aliphatic rings. The molecular weight excluding hydrogens is 206 g/mol. The van der Waals surface area contributed by atoms with Crippen LogP contribution in [0.1, 0.15) is 11.9 Å². The minimum atomic E-state index is -1.14. The topological polar surface area (TPSA) is 92.3 Å². The van der Waals surface area contributed by atoms with Crippen LogP contribution in [0.4, 0.5) is 0 Å². The first-order chi connectivity index (χ1) is 7.72. The van der Waals surface area contributed by atoms with Crippen LogP contribution < -0.4 is 5.73 Å². The number of rotatable bonds is 3. The number of fused-ring (bicyclic) bond motifs is 1. The van der Waals surface area contributed by atoms with E-state index in [9.17, 15) is 10.2 Å². The molecule has 5 heteroatoms. The van der Waals surface area contributed by atoms with Crippen LogP contribution in [0.2, 0.25) is 0 Å². The molecule has 0 fully saturated rings. The van der Waals surface area contributed by atoms with Gasteiger partial charge in [-0.3, -0.25) is 0 Å². The molecule has 0 saturated heterocycles. The van der Waals surface area contributed by atoms with Crippen LogP contribution in [-0.4, -0.2) is 32.8 Å². The molecule has 2 rings (SSSR count). The van der Waals surface area contributed by atoms with Crippen molar-refractivity contribution in [3.05, 3.63) is 36.3 Å². The summed E-state index contributed by atoms with van der Waals surface area (Å²) in [5.41, 5.74) is 5.99. The monoisotopic (exact) mass is 219 g/mol. The number of aliphatic hydroxyl groups is 2. The lowest BCUT2D eigenvalue weighted by Crippen LogP contribution is -2.28. The van der Waals surface area contributed by atoms with Gasteiger partial charge in [-0.25, -0.2) is 9.97 Å². The van der Waals surface area contributed by atoms with E-state index in [0.717, 1.165) is 10.9 Å². The molecule has 1 heterocycles. The van der Waals surface area contributed by atoms with E-state index < -0.39 is 12.2 Å². The van der Waals surface area contributed by atoms with Crippen LogP contribution in [-0.2, 0) is 0 Å². The zero-order valence-electron chi connectivity index (χ0n) is 8.61. The summed E-state index contributed by atoms with van der Waals surface area (Å²) < 4.78 is 0. The van der Waals surface area contributed by atoms with Crippen LogP contribution in [0, 0.1) is 0 Å². The first-order valence-corrected chi connectivity index (χ1v) is 5.00. The summed E-state index contributed by atoms with van der Waals surface area (Å²) in [6.45, 7) is -0.0304. The average Bonchev–Trinajstić information content (AvgIpc) is 2.36. The second-order valence-corrected chi connectivity index (χ2v) is 3.53. The Balaban J connectivity index is 2.39. The van der Waals surface area contributed by atoms with Gasteiger partial charge in [-0.1, -0.05) is 18.2 Å². The largest absolute Gasteiger partial charge is 0.389 e. The summed E-state index contributed by atoms with van der Waals surface area (Å²) in [5, 5.41) is 20.0. The number of hydrogen-bond donors (Lipinski definition) is 3. The first-order valence-electron chi connectivity index (χ1n) is 5.00. The summed E-state index contributed by atoms with van der Waals surface area (Å²) in [5.74, 6) is 0.191. The Labute approximate surface area is 92.6 Å². The first kappa shape index (κ1) is 10.9. The minimum Gasteiger partial charge on any atom is -0.389 e. The molecule has 1 aromatic carbocycles. The molecule has 0 aliphatic carbocycles. The van der Waals surface area contributed by atoms with Crippen molar-refractivity contribution in [3.63, 3.8) is 0 Å². The van der Waals surface area contributed by atoms with Gasteiger partial charge >= 0.3 is 0 Å². The van der Waals surface area contributed by atoms with Crippen molar-refractivity contribution in [1.82, 2.24) is 9.97 Å². The van der Waals surface area contributed by atoms with Crippen molar-refractivity contribution < 1.29 is 10.2 Å². The number of aliphatic hydroxyl groups excluding tert-OH is 2. The predicted octanol–water partition coefficient (Wildman–Crippen LogP) is -0.0172. The van der Waals surface area contributed by atoms with Gasteiger partial charge in [0.25, 0.3) is 0 Å². The third kappa shape index (κ3) is 2.01. The molecule has 4 N–H and O–H groups in total. The molecular formula is C11H13N3O2. The fourth-order valence-electron chi connectivity index (χ4n) is 1.43. The molecule has 0 radical (unpaired) electrons. The Morgan fingerprint density at radius 1 is 1.25 bits per heavy atom. The van der Waals surface area contributed by atoms with E-state index in [1.807, 2.05) is 24.3 Å². The van der Waals surface area contributed by atoms with Gasteiger partial charge in [0.1, 0.15) is 6.10 Å². The number of hydrogen-bond acceptors (Lipinski definition) is 5. The second-order valence-electron chi connectivity index (χ2n) is 3.53. The highest BCUT2D eigenvalue weighted by Crippen LogP contribution is 2.15. The number of para-hydroxylation sites is 1. The van der Waals surface area contributed by atoms with E-state index in [0.29, 0.717) is 0 Å². The Kier molecular flexibility index (Phi) is 3.09. The third-order valence-corrected chi connectivity index (χ3v) is 2.38. The number of benzene rings is 1. The highest BCUT2D eigenvalue weighted by Gasteiger charge is 2.19. The maximum Gasteiger partial charge on any atom is 0.160 e. The van der Waals surface area contributed by atoms with Crippen LogP contribution in [0.15, 0.2) is 30.5 Å². The normalized spacial score (nSPS) is 14.9. The Bertz CT molecular complexity index is 489. The number of aromatic nitrogens is 2. The Morgan fingerprint density at radius 2 is 2.00 bits per heavy atom. The van der Waals surface area contributed by atoms with Crippen molar-refractivity contribution in [1.29, 1.82) is 0 Å². The van der Waals surface area contributed by atoms with Crippen molar-refractivity contribution in [2.75, 3.05) is 6.54 Å². The van der Waals surface area contributed by atoms with Gasteiger partial charge in [0, 0.05) is 18.1 Å². The molecule has 2 aromatic rings. The lowest BCUT2D eigenvalue weighted by Gasteiger charge is -2.14. The summed E-state index contributed by atoms with van der Waals surface area (Å²) in [6, 6.07) is 7.44. The van der Waals surface area contributed by atoms with E-state index in [1.165, 1.54) is 0 Å². The molecule has 1 aromatic heterocycles. The summed E-state index contributed by atoms with van der Waals surface area (Å²) in [6.07, 6.45) is -0.569.